The molecule has 0 bridgehead atoms. The molecule has 0 aromatic heterocycles. The third kappa shape index (κ3) is 5.11. The molecule has 1 aliphatic rings. The molecule has 0 aliphatic carbocycles. The summed E-state index contributed by atoms with van der Waals surface area (Å²) in [5.74, 6) is -0.878. The molecule has 1 aromatic carbocycles. The van der Waals surface area contributed by atoms with E-state index in [-0.39, 0.29) is 12.3 Å². The van der Waals surface area contributed by atoms with Crippen LogP contribution in [0.1, 0.15) is 11.7 Å². The van der Waals surface area contributed by atoms with Crippen molar-refractivity contribution in [1.29, 1.82) is 0 Å². The number of morpholine rings is 1. The predicted octanol–water partition coefficient (Wildman–Crippen LogP) is 2.17. The van der Waals surface area contributed by atoms with Gasteiger partial charge in [0.05, 0.1) is 19.8 Å². The molecule has 128 valence electrons. The number of ether oxygens (including phenoxy) is 3. The Morgan fingerprint density at radius 3 is 2.91 bits per heavy atom. The molecule has 23 heavy (non-hydrogen) atoms. The van der Waals surface area contributed by atoms with Crippen molar-refractivity contribution in [2.24, 2.45) is 0 Å². The van der Waals surface area contributed by atoms with E-state index < -0.39 is 24.9 Å². The second-order valence-corrected chi connectivity index (χ2v) is 5.06. The fourth-order valence-electron chi connectivity index (χ4n) is 2.39. The molecule has 1 aromatic rings. The summed E-state index contributed by atoms with van der Waals surface area (Å²) in [6.45, 7) is -1.84. The average molecular weight is 333 g/mol. The Morgan fingerprint density at radius 2 is 2.22 bits per heavy atom. The van der Waals surface area contributed by atoms with Crippen LogP contribution in [0.3, 0.4) is 0 Å². The van der Waals surface area contributed by atoms with Crippen molar-refractivity contribution in [3.8, 4) is 5.75 Å². The molecule has 0 saturated carbocycles. The second kappa shape index (κ2) is 8.16. The van der Waals surface area contributed by atoms with Gasteiger partial charge in [0.25, 0.3) is 0 Å². The second-order valence-electron chi connectivity index (χ2n) is 5.06. The average Bonchev–Trinajstić information content (AvgIpc) is 2.54. The molecule has 1 fully saturated rings. The summed E-state index contributed by atoms with van der Waals surface area (Å²) in [6, 6.07) is 6.19. The van der Waals surface area contributed by atoms with Crippen LogP contribution in [0, 0.1) is 0 Å². The summed E-state index contributed by atoms with van der Waals surface area (Å²) < 4.78 is 52.5. The van der Waals surface area contributed by atoms with Gasteiger partial charge in [0.15, 0.2) is 0 Å². The number of alkyl halides is 3. The van der Waals surface area contributed by atoms with E-state index in [1.165, 1.54) is 12.1 Å². The van der Waals surface area contributed by atoms with Crippen LogP contribution in [0.5, 0.6) is 5.75 Å². The first-order valence-corrected chi connectivity index (χ1v) is 7.10. The standard InChI is InChI=1S/C15H18F3NO4/c1-21-14(20)12(16)8-19-5-6-22-13(9-19)10-3-2-4-11(7-10)23-15(17)18/h2-4,7,12-13,15H,5-6,8-9H2,1H3. The minimum atomic E-state index is -2.90. The maximum Gasteiger partial charge on any atom is 0.387 e. The van der Waals surface area contributed by atoms with Crippen molar-refractivity contribution >= 4 is 5.97 Å². The quantitative estimate of drug-likeness (QED) is 0.747. The Balaban J connectivity index is 1.99. The number of esters is 1. The van der Waals surface area contributed by atoms with E-state index in [1.807, 2.05) is 0 Å². The number of carbonyl (C=O) groups excluding carboxylic acids is 1. The summed E-state index contributed by atoms with van der Waals surface area (Å²) in [7, 11) is 1.13. The highest BCUT2D eigenvalue weighted by Gasteiger charge is 2.27. The highest BCUT2D eigenvalue weighted by molar-refractivity contribution is 5.74. The van der Waals surface area contributed by atoms with Crippen molar-refractivity contribution < 1.29 is 32.2 Å². The molecule has 2 unspecified atom stereocenters. The minimum absolute atomic E-state index is 0.0381. The third-order valence-electron chi connectivity index (χ3n) is 3.48. The van der Waals surface area contributed by atoms with Crippen LogP contribution in [0.15, 0.2) is 24.3 Å². The van der Waals surface area contributed by atoms with Crippen LogP contribution >= 0.6 is 0 Å². The lowest BCUT2D eigenvalue weighted by molar-refractivity contribution is -0.148. The molecule has 2 rings (SSSR count). The van der Waals surface area contributed by atoms with Crippen LogP contribution < -0.4 is 4.74 Å². The van der Waals surface area contributed by atoms with Crippen LogP contribution in [-0.2, 0) is 14.3 Å². The lowest BCUT2D eigenvalue weighted by atomic mass is 10.1. The van der Waals surface area contributed by atoms with Gasteiger partial charge in [-0.15, -0.1) is 0 Å². The summed E-state index contributed by atoms with van der Waals surface area (Å²) in [5.41, 5.74) is 0.654. The third-order valence-corrected chi connectivity index (χ3v) is 3.48. The molecule has 5 nitrogen and oxygen atoms in total. The maximum absolute atomic E-state index is 13.7. The number of halogens is 3. The topological polar surface area (TPSA) is 48.0 Å². The van der Waals surface area contributed by atoms with E-state index in [0.29, 0.717) is 25.3 Å². The van der Waals surface area contributed by atoms with E-state index in [2.05, 4.69) is 9.47 Å². The lowest BCUT2D eigenvalue weighted by Crippen LogP contribution is -2.43. The fourth-order valence-corrected chi connectivity index (χ4v) is 2.39. The van der Waals surface area contributed by atoms with Crippen LogP contribution in [0.2, 0.25) is 0 Å². The molecule has 8 heteroatoms. The van der Waals surface area contributed by atoms with Crippen molar-refractivity contribution in [2.45, 2.75) is 18.9 Å². The zero-order chi connectivity index (χ0) is 16.8. The van der Waals surface area contributed by atoms with Crippen LogP contribution in [0.4, 0.5) is 13.2 Å². The van der Waals surface area contributed by atoms with Crippen molar-refractivity contribution in [3.63, 3.8) is 0 Å². The first-order valence-electron chi connectivity index (χ1n) is 7.10. The Labute approximate surface area is 131 Å². The Bertz CT molecular complexity index is 529. The van der Waals surface area contributed by atoms with Crippen molar-refractivity contribution in [1.82, 2.24) is 4.90 Å². The van der Waals surface area contributed by atoms with Gasteiger partial charge >= 0.3 is 12.6 Å². The Morgan fingerprint density at radius 1 is 1.43 bits per heavy atom. The zero-order valence-corrected chi connectivity index (χ0v) is 12.6. The van der Waals surface area contributed by atoms with E-state index in [4.69, 9.17) is 4.74 Å². The molecule has 0 radical (unpaired) electrons. The van der Waals surface area contributed by atoms with E-state index in [9.17, 15) is 18.0 Å². The summed E-state index contributed by atoms with van der Waals surface area (Å²) >= 11 is 0. The number of hydrogen-bond acceptors (Lipinski definition) is 5. The number of hydrogen-bond donors (Lipinski definition) is 0. The molecular weight excluding hydrogens is 315 g/mol. The van der Waals surface area contributed by atoms with E-state index in [0.717, 1.165) is 7.11 Å². The number of rotatable bonds is 6. The normalized spacial score (nSPS) is 20.3. The number of carbonyl (C=O) groups is 1. The monoisotopic (exact) mass is 333 g/mol. The SMILES string of the molecule is COC(=O)C(F)CN1CCOC(c2cccc(OC(F)F)c2)C1. The molecule has 1 heterocycles. The number of nitrogens with zero attached hydrogens (tertiary/aromatic N) is 1. The maximum atomic E-state index is 13.7. The summed E-state index contributed by atoms with van der Waals surface area (Å²) in [5, 5.41) is 0. The minimum Gasteiger partial charge on any atom is -0.467 e. The van der Waals surface area contributed by atoms with Gasteiger partial charge in [0.2, 0.25) is 6.17 Å². The Kier molecular flexibility index (Phi) is 6.23. The fraction of sp³-hybridized carbons (Fsp3) is 0.533. The Hall–Kier alpha value is -1.80. The number of benzene rings is 1. The first-order chi connectivity index (χ1) is 11.0. The smallest absolute Gasteiger partial charge is 0.387 e. The van der Waals surface area contributed by atoms with Gasteiger partial charge in [0.1, 0.15) is 5.75 Å². The molecule has 1 aliphatic heterocycles. The van der Waals surface area contributed by atoms with Gasteiger partial charge in [-0.05, 0) is 17.7 Å². The largest absolute Gasteiger partial charge is 0.467 e. The van der Waals surface area contributed by atoms with Gasteiger partial charge < -0.3 is 14.2 Å². The number of methoxy groups -OCH3 is 1. The van der Waals surface area contributed by atoms with Crippen molar-refractivity contribution in [3.05, 3.63) is 29.8 Å². The molecular formula is C15H18F3NO4. The molecule has 0 spiro atoms. The van der Waals surface area contributed by atoms with Crippen LogP contribution in [-0.4, -0.2) is 57.0 Å². The first kappa shape index (κ1) is 17.6. The molecule has 1 saturated heterocycles. The van der Waals surface area contributed by atoms with E-state index in [1.54, 1.807) is 17.0 Å². The van der Waals surface area contributed by atoms with Gasteiger partial charge in [-0.25, -0.2) is 9.18 Å². The van der Waals surface area contributed by atoms with Gasteiger partial charge in [0, 0.05) is 19.6 Å². The van der Waals surface area contributed by atoms with Gasteiger partial charge in [-0.3, -0.25) is 4.90 Å². The molecule has 0 amide bonds. The summed E-state index contributed by atoms with van der Waals surface area (Å²) in [6.07, 6.45) is -2.14. The van der Waals surface area contributed by atoms with Gasteiger partial charge in [-0.2, -0.15) is 8.78 Å². The van der Waals surface area contributed by atoms with Crippen molar-refractivity contribution in [2.75, 3.05) is 33.4 Å². The molecule has 2 atom stereocenters. The lowest BCUT2D eigenvalue weighted by Gasteiger charge is -2.33. The van der Waals surface area contributed by atoms with E-state index >= 15 is 0 Å². The molecule has 0 N–H and O–H groups in total. The highest BCUT2D eigenvalue weighted by atomic mass is 19.3. The predicted molar refractivity (Wildman–Crippen MR) is 75.1 cm³/mol. The highest BCUT2D eigenvalue weighted by Crippen LogP contribution is 2.26. The van der Waals surface area contributed by atoms with Crippen LogP contribution in [0.25, 0.3) is 0 Å². The summed E-state index contributed by atoms with van der Waals surface area (Å²) in [4.78, 5) is 12.9. The van der Waals surface area contributed by atoms with Gasteiger partial charge in [-0.1, -0.05) is 12.1 Å². The zero-order valence-electron chi connectivity index (χ0n) is 12.6.